The van der Waals surface area contributed by atoms with E-state index >= 15 is 0 Å². The largest absolute Gasteiger partial charge is 0.495 e. The molecular weight excluding hydrogens is 427 g/mol. The third-order valence-corrected chi connectivity index (χ3v) is 5.52. The van der Waals surface area contributed by atoms with E-state index in [1.807, 2.05) is 12.1 Å². The number of carbonyl (C=O) groups excluding carboxylic acids is 3. The van der Waals surface area contributed by atoms with Crippen molar-refractivity contribution >= 4 is 23.5 Å². The van der Waals surface area contributed by atoms with E-state index in [4.69, 9.17) is 4.74 Å². The van der Waals surface area contributed by atoms with Crippen LogP contribution < -0.4 is 20.7 Å². The quantitative estimate of drug-likeness (QED) is 0.597. The van der Waals surface area contributed by atoms with Crippen molar-refractivity contribution in [2.45, 2.75) is 38.3 Å². The third kappa shape index (κ3) is 6.93. The number of amides is 4. The van der Waals surface area contributed by atoms with Crippen LogP contribution >= 0.6 is 0 Å². The van der Waals surface area contributed by atoms with Gasteiger partial charge in [-0.3, -0.25) is 9.59 Å². The maximum Gasteiger partial charge on any atom is 0.321 e. The van der Waals surface area contributed by atoms with Crippen molar-refractivity contribution in [3.05, 3.63) is 59.9 Å². The molecule has 0 aromatic heterocycles. The topological polar surface area (TPSA) is 99.8 Å². The second-order valence-electron chi connectivity index (χ2n) is 7.98. The molecule has 0 bridgehead atoms. The van der Waals surface area contributed by atoms with Gasteiger partial charge in [-0.05, 0) is 42.7 Å². The number of nitrogens with one attached hydrogen (secondary N) is 3. The molecule has 1 heterocycles. The Morgan fingerprint density at radius 3 is 2.39 bits per heavy atom. The first-order chi connectivity index (χ1) is 15.9. The van der Waals surface area contributed by atoms with Crippen molar-refractivity contribution in [1.82, 2.24) is 15.5 Å². The van der Waals surface area contributed by atoms with Gasteiger partial charge in [0.1, 0.15) is 17.6 Å². The summed E-state index contributed by atoms with van der Waals surface area (Å²) >= 11 is 0. The van der Waals surface area contributed by atoms with Crippen LogP contribution in [0.3, 0.4) is 0 Å². The van der Waals surface area contributed by atoms with Gasteiger partial charge in [0.05, 0.1) is 12.8 Å². The Balaban J connectivity index is 1.52. The van der Waals surface area contributed by atoms with Gasteiger partial charge in [0.25, 0.3) is 0 Å². The number of anilines is 1. The standard InChI is InChI=1S/C24H29FN4O4/c1-16(30)26-21(15-17-7-9-18(25)10-8-17)23(31)27-19-11-13-29(14-12-19)24(32)28-20-5-3-4-6-22(20)33-2/h3-10,19,21H,11-15H2,1-2H3,(H,26,30)(H,27,31)(H,28,32). The molecule has 0 saturated carbocycles. The average molecular weight is 457 g/mol. The lowest BCUT2D eigenvalue weighted by molar-refractivity contribution is -0.128. The van der Waals surface area contributed by atoms with Crippen LogP contribution in [0, 0.1) is 5.82 Å². The summed E-state index contributed by atoms with van der Waals surface area (Å²) in [6.07, 6.45) is 1.44. The molecular formula is C24H29FN4O4. The smallest absolute Gasteiger partial charge is 0.321 e. The SMILES string of the molecule is COc1ccccc1NC(=O)N1CCC(NC(=O)C(Cc2ccc(F)cc2)NC(C)=O)CC1. The number of halogens is 1. The van der Waals surface area contributed by atoms with E-state index in [1.54, 1.807) is 36.3 Å². The van der Waals surface area contributed by atoms with Crippen LogP contribution in [0.25, 0.3) is 0 Å². The first-order valence-corrected chi connectivity index (χ1v) is 10.9. The average Bonchev–Trinajstić information content (AvgIpc) is 2.80. The highest BCUT2D eigenvalue weighted by Crippen LogP contribution is 2.24. The van der Waals surface area contributed by atoms with E-state index in [-0.39, 0.29) is 36.1 Å². The van der Waals surface area contributed by atoms with E-state index in [0.29, 0.717) is 37.4 Å². The predicted octanol–water partition coefficient (Wildman–Crippen LogP) is 2.69. The first kappa shape index (κ1) is 24.0. The van der Waals surface area contributed by atoms with Crippen molar-refractivity contribution in [2.75, 3.05) is 25.5 Å². The summed E-state index contributed by atoms with van der Waals surface area (Å²) in [5, 5.41) is 8.50. The monoisotopic (exact) mass is 456 g/mol. The molecule has 3 rings (SSSR count). The maximum absolute atomic E-state index is 13.2. The minimum atomic E-state index is -0.764. The zero-order valence-corrected chi connectivity index (χ0v) is 18.8. The van der Waals surface area contributed by atoms with Crippen LogP contribution in [0.4, 0.5) is 14.9 Å². The number of urea groups is 1. The molecule has 4 amide bonds. The molecule has 1 aliphatic heterocycles. The minimum absolute atomic E-state index is 0.114. The van der Waals surface area contributed by atoms with Gasteiger partial charge < -0.3 is 25.6 Å². The maximum atomic E-state index is 13.2. The number of nitrogens with zero attached hydrogens (tertiary/aromatic N) is 1. The highest BCUT2D eigenvalue weighted by atomic mass is 19.1. The number of rotatable bonds is 7. The Labute approximate surface area is 192 Å². The van der Waals surface area contributed by atoms with Crippen LogP contribution in [-0.4, -0.2) is 55.0 Å². The lowest BCUT2D eigenvalue weighted by Gasteiger charge is -2.33. The predicted molar refractivity (Wildman–Crippen MR) is 122 cm³/mol. The van der Waals surface area contributed by atoms with E-state index in [1.165, 1.54) is 19.1 Å². The molecule has 1 unspecified atom stereocenters. The molecule has 33 heavy (non-hydrogen) atoms. The van der Waals surface area contributed by atoms with Gasteiger partial charge in [-0.1, -0.05) is 24.3 Å². The summed E-state index contributed by atoms with van der Waals surface area (Å²) in [5.74, 6) is -0.398. The molecule has 176 valence electrons. The van der Waals surface area contributed by atoms with Gasteiger partial charge in [-0.2, -0.15) is 0 Å². The summed E-state index contributed by atoms with van der Waals surface area (Å²) in [4.78, 5) is 38.7. The van der Waals surface area contributed by atoms with E-state index in [0.717, 1.165) is 5.56 Å². The number of methoxy groups -OCH3 is 1. The van der Waals surface area contributed by atoms with Gasteiger partial charge in [-0.15, -0.1) is 0 Å². The Morgan fingerprint density at radius 1 is 1.09 bits per heavy atom. The first-order valence-electron chi connectivity index (χ1n) is 10.9. The molecule has 1 saturated heterocycles. The Kier molecular flexibility index (Phi) is 8.23. The van der Waals surface area contributed by atoms with E-state index < -0.39 is 6.04 Å². The lowest BCUT2D eigenvalue weighted by atomic mass is 10.0. The zero-order valence-electron chi connectivity index (χ0n) is 18.8. The molecule has 0 radical (unpaired) electrons. The van der Waals surface area contributed by atoms with Crippen molar-refractivity contribution in [3.63, 3.8) is 0 Å². The number of hydrogen-bond donors (Lipinski definition) is 3. The number of para-hydroxylation sites is 2. The fraction of sp³-hybridized carbons (Fsp3) is 0.375. The lowest BCUT2D eigenvalue weighted by Crippen LogP contribution is -2.53. The number of likely N-dealkylation sites (tertiary alicyclic amines) is 1. The van der Waals surface area contributed by atoms with Gasteiger partial charge in [0.2, 0.25) is 11.8 Å². The fourth-order valence-corrected chi connectivity index (χ4v) is 3.78. The number of hydrogen-bond acceptors (Lipinski definition) is 4. The number of ether oxygens (including phenoxy) is 1. The number of piperidine rings is 1. The summed E-state index contributed by atoms with van der Waals surface area (Å²) < 4.78 is 18.4. The van der Waals surface area contributed by atoms with E-state index in [9.17, 15) is 18.8 Å². The van der Waals surface area contributed by atoms with Crippen LogP contribution in [0.5, 0.6) is 5.75 Å². The summed E-state index contributed by atoms with van der Waals surface area (Å²) in [5.41, 5.74) is 1.34. The molecule has 9 heteroatoms. The summed E-state index contributed by atoms with van der Waals surface area (Å²) in [6.45, 7) is 2.31. The fourth-order valence-electron chi connectivity index (χ4n) is 3.78. The van der Waals surface area contributed by atoms with Crippen molar-refractivity contribution in [3.8, 4) is 5.75 Å². The van der Waals surface area contributed by atoms with Crippen molar-refractivity contribution in [2.24, 2.45) is 0 Å². The molecule has 0 spiro atoms. The molecule has 1 aliphatic rings. The normalized spacial score (nSPS) is 14.8. The van der Waals surface area contributed by atoms with Crippen molar-refractivity contribution < 1.29 is 23.5 Å². The molecule has 1 fully saturated rings. The Morgan fingerprint density at radius 2 is 1.76 bits per heavy atom. The van der Waals surface area contributed by atoms with Crippen LogP contribution in [-0.2, 0) is 16.0 Å². The minimum Gasteiger partial charge on any atom is -0.495 e. The summed E-state index contributed by atoms with van der Waals surface area (Å²) in [6, 6.07) is 11.9. The van der Waals surface area contributed by atoms with Crippen LogP contribution in [0.1, 0.15) is 25.3 Å². The molecule has 0 aliphatic carbocycles. The second-order valence-corrected chi connectivity index (χ2v) is 7.98. The Hall–Kier alpha value is -3.62. The van der Waals surface area contributed by atoms with Gasteiger partial charge in [-0.25, -0.2) is 9.18 Å². The Bertz CT molecular complexity index is 975. The number of carbonyl (C=O) groups is 3. The van der Waals surface area contributed by atoms with Crippen LogP contribution in [0.2, 0.25) is 0 Å². The highest BCUT2D eigenvalue weighted by molar-refractivity contribution is 5.91. The molecule has 8 nitrogen and oxygen atoms in total. The van der Waals surface area contributed by atoms with Crippen LogP contribution in [0.15, 0.2) is 48.5 Å². The highest BCUT2D eigenvalue weighted by Gasteiger charge is 2.27. The zero-order chi connectivity index (χ0) is 23.8. The summed E-state index contributed by atoms with van der Waals surface area (Å²) in [7, 11) is 1.55. The second kappa shape index (κ2) is 11.3. The third-order valence-electron chi connectivity index (χ3n) is 5.52. The number of benzene rings is 2. The molecule has 2 aromatic carbocycles. The van der Waals surface area contributed by atoms with Gasteiger partial charge in [0, 0.05) is 32.5 Å². The van der Waals surface area contributed by atoms with Gasteiger partial charge in [0.15, 0.2) is 0 Å². The molecule has 2 aromatic rings. The van der Waals surface area contributed by atoms with Crippen molar-refractivity contribution in [1.29, 1.82) is 0 Å². The molecule has 1 atom stereocenters. The molecule has 3 N–H and O–H groups in total. The van der Waals surface area contributed by atoms with E-state index in [2.05, 4.69) is 16.0 Å². The van der Waals surface area contributed by atoms with Gasteiger partial charge >= 0.3 is 6.03 Å².